The highest BCUT2D eigenvalue weighted by Crippen LogP contribution is 2.38. The van der Waals surface area contributed by atoms with Crippen molar-refractivity contribution in [3.63, 3.8) is 0 Å². The molecule has 39 heavy (non-hydrogen) atoms. The number of hydrogen-bond acceptors (Lipinski definition) is 9. The third kappa shape index (κ3) is 5.04. The summed E-state index contributed by atoms with van der Waals surface area (Å²) in [6.45, 7) is 3.56. The van der Waals surface area contributed by atoms with Crippen LogP contribution in [-0.4, -0.2) is 40.2 Å². The van der Waals surface area contributed by atoms with E-state index < -0.39 is 11.7 Å². The molecule has 11 heteroatoms. The molecule has 0 aliphatic rings. The lowest BCUT2D eigenvalue weighted by molar-refractivity contribution is 0.102. The van der Waals surface area contributed by atoms with Gasteiger partial charge in [0.25, 0.3) is 11.8 Å². The van der Waals surface area contributed by atoms with E-state index in [1.54, 1.807) is 19.1 Å². The van der Waals surface area contributed by atoms with Crippen LogP contribution in [0.4, 0.5) is 10.1 Å². The second kappa shape index (κ2) is 10.5. The number of nitrogens with zero attached hydrogens (tertiary/aromatic N) is 3. The SMILES string of the molecule is COc1cc2nccc(Oc3ccc(NC(=O)c4c(C)ncc(-c5cc(C)cs5)c4O)cc3F)c2nc1OC. The van der Waals surface area contributed by atoms with E-state index in [2.05, 4.69) is 20.3 Å². The lowest BCUT2D eigenvalue weighted by Gasteiger charge is -2.13. The summed E-state index contributed by atoms with van der Waals surface area (Å²) in [5.74, 6) is -0.740. The highest BCUT2D eigenvalue weighted by molar-refractivity contribution is 7.13. The fraction of sp³-hybridized carbons (Fsp3) is 0.143. The van der Waals surface area contributed by atoms with Crippen LogP contribution >= 0.6 is 11.3 Å². The lowest BCUT2D eigenvalue weighted by Crippen LogP contribution is -2.15. The molecule has 0 radical (unpaired) electrons. The molecule has 0 aliphatic heterocycles. The number of fused-ring (bicyclic) bond motifs is 1. The maximum atomic E-state index is 15.1. The molecule has 0 aliphatic carbocycles. The molecule has 0 spiro atoms. The van der Waals surface area contributed by atoms with Gasteiger partial charge in [0.05, 0.1) is 31.0 Å². The molecule has 1 amide bonds. The Bertz CT molecular complexity index is 1720. The van der Waals surface area contributed by atoms with Crippen molar-refractivity contribution in [2.45, 2.75) is 13.8 Å². The topological polar surface area (TPSA) is 116 Å². The Morgan fingerprint density at radius 3 is 2.54 bits per heavy atom. The van der Waals surface area contributed by atoms with Gasteiger partial charge in [-0.15, -0.1) is 11.3 Å². The molecule has 198 valence electrons. The number of aromatic hydroxyl groups is 1. The molecule has 0 saturated heterocycles. The second-order valence-corrected chi connectivity index (χ2v) is 9.46. The van der Waals surface area contributed by atoms with Gasteiger partial charge in [0, 0.05) is 41.2 Å². The number of ether oxygens (including phenoxy) is 3. The Balaban J connectivity index is 1.40. The van der Waals surface area contributed by atoms with Crippen LogP contribution in [0.25, 0.3) is 21.5 Å². The van der Waals surface area contributed by atoms with Crippen LogP contribution in [0, 0.1) is 19.7 Å². The van der Waals surface area contributed by atoms with Gasteiger partial charge in [-0.2, -0.15) is 0 Å². The summed E-state index contributed by atoms with van der Waals surface area (Å²) in [5, 5.41) is 15.5. The number of methoxy groups -OCH3 is 2. The maximum Gasteiger partial charge on any atom is 0.261 e. The summed E-state index contributed by atoms with van der Waals surface area (Å²) >= 11 is 1.44. The maximum absolute atomic E-state index is 15.1. The summed E-state index contributed by atoms with van der Waals surface area (Å²) in [7, 11) is 2.94. The van der Waals surface area contributed by atoms with Crippen molar-refractivity contribution in [1.29, 1.82) is 0 Å². The highest BCUT2D eigenvalue weighted by Gasteiger charge is 2.21. The normalized spacial score (nSPS) is 10.9. The molecule has 9 nitrogen and oxygen atoms in total. The molecule has 4 aromatic heterocycles. The first-order valence-electron chi connectivity index (χ1n) is 11.7. The minimum atomic E-state index is -0.722. The number of amides is 1. The van der Waals surface area contributed by atoms with Gasteiger partial charge >= 0.3 is 0 Å². The highest BCUT2D eigenvalue weighted by atomic mass is 32.1. The summed E-state index contributed by atoms with van der Waals surface area (Å²) < 4.78 is 31.4. The van der Waals surface area contributed by atoms with Crippen LogP contribution in [0.15, 0.2) is 54.2 Å². The second-order valence-electron chi connectivity index (χ2n) is 8.55. The van der Waals surface area contributed by atoms with Gasteiger partial charge in [-0.05, 0) is 43.0 Å². The summed E-state index contributed by atoms with van der Waals surface area (Å²) in [6, 6.07) is 9.10. The van der Waals surface area contributed by atoms with E-state index in [4.69, 9.17) is 14.2 Å². The molecule has 5 aromatic rings. The molecule has 2 N–H and O–H groups in total. The zero-order chi connectivity index (χ0) is 27.7. The average molecular weight is 547 g/mol. The summed E-state index contributed by atoms with van der Waals surface area (Å²) in [6.07, 6.45) is 3.04. The number of nitrogens with one attached hydrogen (secondary N) is 1. The number of aryl methyl sites for hydroxylation is 2. The van der Waals surface area contributed by atoms with E-state index in [9.17, 15) is 9.90 Å². The van der Waals surface area contributed by atoms with Gasteiger partial charge in [0.1, 0.15) is 16.8 Å². The summed E-state index contributed by atoms with van der Waals surface area (Å²) in [5.41, 5.74) is 2.83. The molecule has 0 bridgehead atoms. The van der Waals surface area contributed by atoms with Gasteiger partial charge in [-0.1, -0.05) is 0 Å². The van der Waals surface area contributed by atoms with Crippen molar-refractivity contribution in [3.05, 3.63) is 76.8 Å². The third-order valence-electron chi connectivity index (χ3n) is 5.89. The van der Waals surface area contributed by atoms with Crippen LogP contribution in [0.2, 0.25) is 0 Å². The third-order valence-corrected chi connectivity index (χ3v) is 6.98. The molecule has 1 aromatic carbocycles. The quantitative estimate of drug-likeness (QED) is 0.245. The number of aromatic nitrogens is 3. The van der Waals surface area contributed by atoms with Crippen LogP contribution in [-0.2, 0) is 0 Å². The van der Waals surface area contributed by atoms with E-state index in [0.717, 1.165) is 16.5 Å². The number of halogens is 1. The standard InChI is InChI=1S/C28H23FN4O5S/c1-14-9-23(39-13-14)17-12-31-15(2)24(26(17)34)27(35)32-16-5-6-20(18(29)10-16)38-21-7-8-30-19-11-22(36-3)28(37-4)33-25(19)21/h5-13H,1-4H3,(H,31,34)(H,32,35). The number of carbonyl (C=O) groups is 1. The molecule has 0 saturated carbocycles. The predicted octanol–water partition coefficient (Wildman–Crippen LogP) is 6.28. The van der Waals surface area contributed by atoms with Crippen LogP contribution < -0.4 is 19.5 Å². The molecular formula is C28H23FN4O5S. The van der Waals surface area contributed by atoms with Crippen LogP contribution in [0.5, 0.6) is 28.9 Å². The van der Waals surface area contributed by atoms with Crippen molar-refractivity contribution in [1.82, 2.24) is 15.0 Å². The number of hydrogen-bond donors (Lipinski definition) is 2. The number of pyridine rings is 3. The van der Waals surface area contributed by atoms with E-state index in [0.29, 0.717) is 28.0 Å². The monoisotopic (exact) mass is 546 g/mol. The first-order chi connectivity index (χ1) is 18.8. The number of anilines is 1. The van der Waals surface area contributed by atoms with Gasteiger partial charge in [0.2, 0.25) is 0 Å². The summed E-state index contributed by atoms with van der Waals surface area (Å²) in [4.78, 5) is 26.8. The first-order valence-corrected chi connectivity index (χ1v) is 12.6. The Kier molecular flexibility index (Phi) is 6.99. The minimum absolute atomic E-state index is 0.0120. The number of rotatable bonds is 7. The average Bonchev–Trinajstić information content (AvgIpc) is 3.35. The molecule has 0 fully saturated rings. The fourth-order valence-electron chi connectivity index (χ4n) is 3.98. The van der Waals surface area contributed by atoms with Crippen molar-refractivity contribution in [2.75, 3.05) is 19.5 Å². The lowest BCUT2D eigenvalue weighted by atomic mass is 10.1. The zero-order valence-corrected chi connectivity index (χ0v) is 22.2. The number of benzene rings is 1. The Labute approximate surface area is 226 Å². The van der Waals surface area contributed by atoms with E-state index >= 15 is 4.39 Å². The Morgan fingerprint density at radius 1 is 1.03 bits per heavy atom. The first kappa shape index (κ1) is 25.9. The zero-order valence-electron chi connectivity index (χ0n) is 21.4. The van der Waals surface area contributed by atoms with Crippen molar-refractivity contribution in [2.24, 2.45) is 0 Å². The fourth-order valence-corrected chi connectivity index (χ4v) is 4.89. The van der Waals surface area contributed by atoms with E-state index in [1.165, 1.54) is 50.1 Å². The van der Waals surface area contributed by atoms with Crippen LogP contribution in [0.1, 0.15) is 21.6 Å². The Morgan fingerprint density at radius 2 is 1.85 bits per heavy atom. The van der Waals surface area contributed by atoms with Gasteiger partial charge in [0.15, 0.2) is 23.1 Å². The van der Waals surface area contributed by atoms with E-state index in [-0.39, 0.29) is 34.4 Å². The van der Waals surface area contributed by atoms with Crippen molar-refractivity contribution >= 4 is 34.0 Å². The van der Waals surface area contributed by atoms with Gasteiger partial charge in [-0.3, -0.25) is 14.8 Å². The van der Waals surface area contributed by atoms with Crippen molar-refractivity contribution < 1.29 is 28.5 Å². The number of thiophene rings is 1. The number of carbonyl (C=O) groups excluding carboxylic acids is 1. The van der Waals surface area contributed by atoms with Crippen molar-refractivity contribution in [3.8, 4) is 39.3 Å². The molecule has 4 heterocycles. The molecule has 0 unspecified atom stereocenters. The Hall–Kier alpha value is -4.77. The predicted molar refractivity (Wildman–Crippen MR) is 146 cm³/mol. The van der Waals surface area contributed by atoms with E-state index in [1.807, 2.05) is 18.4 Å². The minimum Gasteiger partial charge on any atom is -0.506 e. The molecule has 5 rings (SSSR count). The van der Waals surface area contributed by atoms with Crippen LogP contribution in [0.3, 0.4) is 0 Å². The molecule has 0 atom stereocenters. The smallest absolute Gasteiger partial charge is 0.261 e. The molecular weight excluding hydrogens is 523 g/mol. The van der Waals surface area contributed by atoms with Gasteiger partial charge in [-0.25, -0.2) is 9.37 Å². The van der Waals surface area contributed by atoms with Gasteiger partial charge < -0.3 is 24.6 Å². The largest absolute Gasteiger partial charge is 0.506 e.